The van der Waals surface area contributed by atoms with Crippen LogP contribution in [0.4, 0.5) is 5.82 Å². The summed E-state index contributed by atoms with van der Waals surface area (Å²) in [6.45, 7) is 6.24. The molecule has 11 nitrogen and oxygen atoms in total. The molecule has 2 aromatic heterocycles. The number of fused-ring (bicyclic) bond motifs is 1. The largest absolute Gasteiger partial charge is 0.379 e. The second-order valence-corrected chi connectivity index (χ2v) is 11.0. The van der Waals surface area contributed by atoms with E-state index in [0.29, 0.717) is 55.8 Å². The summed E-state index contributed by atoms with van der Waals surface area (Å²) < 4.78 is 33.9. The maximum atomic E-state index is 12.8. The second-order valence-electron chi connectivity index (χ2n) is 8.26. The number of ether oxygens (including phenoxy) is 1. The highest BCUT2D eigenvalue weighted by Gasteiger charge is 2.26. The van der Waals surface area contributed by atoms with Gasteiger partial charge in [0.25, 0.3) is 5.91 Å². The van der Waals surface area contributed by atoms with E-state index < -0.39 is 10.0 Å². The first-order chi connectivity index (χ1) is 16.8. The first-order valence-electron chi connectivity index (χ1n) is 11.3. The number of amides is 1. The summed E-state index contributed by atoms with van der Waals surface area (Å²) in [5, 5.41) is 12.1. The molecule has 1 amide bonds. The van der Waals surface area contributed by atoms with Gasteiger partial charge in [0.05, 0.1) is 36.2 Å². The molecule has 35 heavy (non-hydrogen) atoms. The van der Waals surface area contributed by atoms with Crippen LogP contribution in [-0.2, 0) is 21.3 Å². The third-order valence-electron chi connectivity index (χ3n) is 5.42. The van der Waals surface area contributed by atoms with Crippen LogP contribution in [0.1, 0.15) is 24.2 Å². The van der Waals surface area contributed by atoms with Crippen LogP contribution in [-0.4, -0.2) is 83.5 Å². The molecular formula is C22H29N7O4S2. The lowest BCUT2D eigenvalue weighted by atomic mass is 10.2. The molecular weight excluding hydrogens is 490 g/mol. The normalized spacial score (nSPS) is 15.0. The molecule has 3 heterocycles. The molecule has 4 rings (SSSR count). The number of morpholine rings is 1. The number of sulfonamides is 1. The Balaban J connectivity index is 1.40. The van der Waals surface area contributed by atoms with E-state index in [1.165, 1.54) is 40.3 Å². The number of nitrogens with one attached hydrogen (secondary N) is 2. The van der Waals surface area contributed by atoms with Crippen molar-refractivity contribution in [2.45, 2.75) is 36.5 Å². The van der Waals surface area contributed by atoms with E-state index in [0.717, 1.165) is 11.2 Å². The van der Waals surface area contributed by atoms with Crippen LogP contribution in [0.25, 0.3) is 11.0 Å². The summed E-state index contributed by atoms with van der Waals surface area (Å²) in [5.41, 5.74) is 1.08. The lowest BCUT2D eigenvalue weighted by molar-refractivity contribution is 0.0730. The maximum Gasteiger partial charge on any atom is 0.251 e. The van der Waals surface area contributed by atoms with Crippen LogP contribution in [0.2, 0.25) is 0 Å². The SMILES string of the molecule is CSc1nc(NC(C)C)c2cnn(CCNC(=O)c3ccc(S(=O)(=O)N4CCOCC4)cc3)c2n1. The van der Waals surface area contributed by atoms with Crippen molar-refractivity contribution < 1.29 is 17.9 Å². The van der Waals surface area contributed by atoms with Crippen LogP contribution in [0, 0.1) is 0 Å². The first kappa shape index (κ1) is 25.4. The van der Waals surface area contributed by atoms with Crippen LogP contribution in [0.5, 0.6) is 0 Å². The van der Waals surface area contributed by atoms with E-state index in [-0.39, 0.29) is 16.8 Å². The fraction of sp³-hybridized carbons (Fsp3) is 0.455. The molecule has 1 aromatic carbocycles. The molecule has 0 radical (unpaired) electrons. The van der Waals surface area contributed by atoms with Crippen molar-refractivity contribution in [3.63, 3.8) is 0 Å². The summed E-state index contributed by atoms with van der Waals surface area (Å²) in [6, 6.07) is 6.18. The molecule has 0 spiro atoms. The van der Waals surface area contributed by atoms with Gasteiger partial charge < -0.3 is 15.4 Å². The summed E-state index contributed by atoms with van der Waals surface area (Å²) in [4.78, 5) is 21.9. The zero-order valence-electron chi connectivity index (χ0n) is 19.9. The Labute approximate surface area is 208 Å². The number of carbonyl (C=O) groups is 1. The van der Waals surface area contributed by atoms with Gasteiger partial charge in [-0.1, -0.05) is 11.8 Å². The van der Waals surface area contributed by atoms with Crippen molar-refractivity contribution in [1.82, 2.24) is 29.4 Å². The van der Waals surface area contributed by atoms with Crippen LogP contribution in [0.3, 0.4) is 0 Å². The van der Waals surface area contributed by atoms with Crippen LogP contribution in [0.15, 0.2) is 40.5 Å². The van der Waals surface area contributed by atoms with Gasteiger partial charge >= 0.3 is 0 Å². The fourth-order valence-corrected chi connectivity index (χ4v) is 5.43. The molecule has 0 aliphatic carbocycles. The molecule has 1 fully saturated rings. The number of nitrogens with zero attached hydrogens (tertiary/aromatic N) is 5. The number of aromatic nitrogens is 4. The molecule has 3 aromatic rings. The Morgan fingerprint density at radius 2 is 1.89 bits per heavy atom. The Bertz CT molecular complexity index is 1290. The van der Waals surface area contributed by atoms with Crippen LogP contribution < -0.4 is 10.6 Å². The standard InChI is InChI=1S/C22H29N7O4S2/c1-15(2)25-19-18-14-24-29(20(18)27-22(26-19)34-3)9-8-23-21(30)16-4-6-17(7-5-16)35(31,32)28-10-12-33-13-11-28/h4-7,14-15H,8-13H2,1-3H3,(H,23,30)(H,25,26,27). The molecule has 1 saturated heterocycles. The lowest BCUT2D eigenvalue weighted by Gasteiger charge is -2.26. The van der Waals surface area contributed by atoms with Gasteiger partial charge in [-0.05, 0) is 44.4 Å². The minimum Gasteiger partial charge on any atom is -0.379 e. The van der Waals surface area contributed by atoms with Crippen molar-refractivity contribution in [3.05, 3.63) is 36.0 Å². The van der Waals surface area contributed by atoms with Gasteiger partial charge in [0.1, 0.15) is 5.82 Å². The molecule has 1 aliphatic heterocycles. The van der Waals surface area contributed by atoms with Gasteiger partial charge in [-0.2, -0.15) is 9.40 Å². The van der Waals surface area contributed by atoms with Crippen molar-refractivity contribution in [2.24, 2.45) is 0 Å². The first-order valence-corrected chi connectivity index (χ1v) is 14.0. The summed E-state index contributed by atoms with van der Waals surface area (Å²) in [6.07, 6.45) is 3.64. The molecule has 0 saturated carbocycles. The molecule has 0 bridgehead atoms. The van der Waals surface area contributed by atoms with Crippen molar-refractivity contribution in [3.8, 4) is 0 Å². The molecule has 188 valence electrons. The van der Waals surface area contributed by atoms with E-state index in [1.54, 1.807) is 10.9 Å². The van der Waals surface area contributed by atoms with E-state index in [4.69, 9.17) is 4.74 Å². The van der Waals surface area contributed by atoms with Crippen molar-refractivity contribution in [1.29, 1.82) is 0 Å². The van der Waals surface area contributed by atoms with Gasteiger partial charge in [-0.15, -0.1) is 0 Å². The predicted molar refractivity (Wildman–Crippen MR) is 134 cm³/mol. The number of anilines is 1. The zero-order chi connectivity index (χ0) is 25.0. The van der Waals surface area contributed by atoms with Crippen molar-refractivity contribution in [2.75, 3.05) is 44.4 Å². The maximum absolute atomic E-state index is 12.8. The highest BCUT2D eigenvalue weighted by molar-refractivity contribution is 7.98. The fourth-order valence-electron chi connectivity index (χ4n) is 3.67. The Kier molecular flexibility index (Phi) is 7.89. The third-order valence-corrected chi connectivity index (χ3v) is 7.88. The van der Waals surface area contributed by atoms with Gasteiger partial charge in [0.2, 0.25) is 10.0 Å². The van der Waals surface area contributed by atoms with E-state index >= 15 is 0 Å². The molecule has 13 heteroatoms. The van der Waals surface area contributed by atoms with Gasteiger partial charge in [0.15, 0.2) is 10.8 Å². The number of carbonyl (C=O) groups excluding carboxylic acids is 1. The minimum atomic E-state index is -3.60. The lowest BCUT2D eigenvalue weighted by Crippen LogP contribution is -2.40. The summed E-state index contributed by atoms with van der Waals surface area (Å²) in [5.74, 6) is 0.440. The van der Waals surface area contributed by atoms with E-state index in [1.807, 2.05) is 20.1 Å². The van der Waals surface area contributed by atoms with E-state index in [2.05, 4.69) is 25.7 Å². The topological polar surface area (TPSA) is 131 Å². The minimum absolute atomic E-state index is 0.161. The predicted octanol–water partition coefficient (Wildman–Crippen LogP) is 1.82. The monoisotopic (exact) mass is 519 g/mol. The number of rotatable bonds is 9. The zero-order valence-corrected chi connectivity index (χ0v) is 21.5. The Morgan fingerprint density at radius 3 is 2.54 bits per heavy atom. The number of thioether (sulfide) groups is 1. The third kappa shape index (κ3) is 5.74. The number of hydrogen-bond donors (Lipinski definition) is 2. The average Bonchev–Trinajstić information content (AvgIpc) is 3.27. The van der Waals surface area contributed by atoms with E-state index in [9.17, 15) is 13.2 Å². The molecule has 0 atom stereocenters. The Morgan fingerprint density at radius 1 is 1.17 bits per heavy atom. The highest BCUT2D eigenvalue weighted by atomic mass is 32.2. The van der Waals surface area contributed by atoms with Crippen LogP contribution >= 0.6 is 11.8 Å². The number of benzene rings is 1. The molecule has 1 aliphatic rings. The smallest absolute Gasteiger partial charge is 0.251 e. The van der Waals surface area contributed by atoms with Gasteiger partial charge in [0, 0.05) is 31.2 Å². The molecule has 0 unspecified atom stereocenters. The Hall–Kier alpha value is -2.74. The average molecular weight is 520 g/mol. The van der Waals surface area contributed by atoms with Gasteiger partial charge in [-0.25, -0.2) is 23.1 Å². The second kappa shape index (κ2) is 10.9. The number of hydrogen-bond acceptors (Lipinski definition) is 9. The molecule has 2 N–H and O–H groups in total. The quantitative estimate of drug-likeness (QED) is 0.321. The highest BCUT2D eigenvalue weighted by Crippen LogP contribution is 2.24. The van der Waals surface area contributed by atoms with Crippen molar-refractivity contribution >= 4 is 44.5 Å². The summed E-state index contributed by atoms with van der Waals surface area (Å²) >= 11 is 1.45. The van der Waals surface area contributed by atoms with Gasteiger partial charge in [-0.3, -0.25) is 4.79 Å². The summed E-state index contributed by atoms with van der Waals surface area (Å²) in [7, 11) is -3.60.